The zero-order valence-electron chi connectivity index (χ0n) is 5.41. The lowest BCUT2D eigenvalue weighted by molar-refractivity contribution is 0.576. The second kappa shape index (κ2) is 2.36. The van der Waals surface area contributed by atoms with Gasteiger partial charge in [-0.2, -0.15) is 0 Å². The number of hydrogen-bond acceptors (Lipinski definition) is 3. The van der Waals surface area contributed by atoms with E-state index in [1.54, 1.807) is 0 Å². The molecule has 1 N–H and O–H groups in total. The summed E-state index contributed by atoms with van der Waals surface area (Å²) in [5.41, 5.74) is 0. The van der Waals surface area contributed by atoms with E-state index in [0.717, 1.165) is 6.42 Å². The highest BCUT2D eigenvalue weighted by atomic mass is 35.5. The first-order valence-corrected chi connectivity index (χ1v) is 4.85. The van der Waals surface area contributed by atoms with Crippen molar-refractivity contribution in [3.8, 4) is 0 Å². The molecule has 2 saturated heterocycles. The third kappa shape index (κ3) is 1.04. The Balaban J connectivity index is 0.000000500. The molecule has 0 aromatic rings. The first-order valence-electron chi connectivity index (χ1n) is 3.13. The summed E-state index contributed by atoms with van der Waals surface area (Å²) >= 11 is 0. The Labute approximate surface area is 66.5 Å². The van der Waals surface area contributed by atoms with Gasteiger partial charge in [0.1, 0.15) is 0 Å². The summed E-state index contributed by atoms with van der Waals surface area (Å²) in [5, 5.41) is 3.08. The molecule has 3 nitrogen and oxygen atoms in total. The molecule has 2 fully saturated rings. The highest BCUT2D eigenvalue weighted by molar-refractivity contribution is 7.92. The van der Waals surface area contributed by atoms with Gasteiger partial charge in [0.25, 0.3) is 0 Å². The topological polar surface area (TPSA) is 46.2 Å². The van der Waals surface area contributed by atoms with Crippen LogP contribution in [0.5, 0.6) is 0 Å². The molecule has 0 radical (unpaired) electrons. The number of fused-ring (bicyclic) bond motifs is 2. The first kappa shape index (κ1) is 8.30. The van der Waals surface area contributed by atoms with Crippen LogP contribution in [-0.4, -0.2) is 32.0 Å². The number of hydrogen-bond donors (Lipinski definition) is 1. The molecule has 2 atom stereocenters. The Bertz CT molecular complexity index is 226. The van der Waals surface area contributed by atoms with E-state index in [0.29, 0.717) is 12.3 Å². The van der Waals surface area contributed by atoms with Crippen molar-refractivity contribution < 1.29 is 8.42 Å². The van der Waals surface area contributed by atoms with Crippen molar-refractivity contribution in [1.29, 1.82) is 0 Å². The van der Waals surface area contributed by atoms with Gasteiger partial charge >= 0.3 is 0 Å². The van der Waals surface area contributed by atoms with Gasteiger partial charge in [-0.3, -0.25) is 0 Å². The molecule has 0 spiro atoms. The van der Waals surface area contributed by atoms with E-state index in [-0.39, 0.29) is 23.7 Å². The molecular weight excluding hydrogens is 174 g/mol. The maximum atomic E-state index is 11.0. The lowest BCUT2D eigenvalue weighted by Crippen LogP contribution is -2.35. The van der Waals surface area contributed by atoms with Crippen LogP contribution in [0.1, 0.15) is 6.42 Å². The Morgan fingerprint density at radius 1 is 1.40 bits per heavy atom. The van der Waals surface area contributed by atoms with Crippen molar-refractivity contribution in [2.75, 3.05) is 12.3 Å². The van der Waals surface area contributed by atoms with Gasteiger partial charge in [-0.15, -0.1) is 12.4 Å². The summed E-state index contributed by atoms with van der Waals surface area (Å²) in [5.74, 6) is 0.373. The molecule has 5 heteroatoms. The zero-order chi connectivity index (χ0) is 6.48. The minimum atomic E-state index is -2.65. The first-order chi connectivity index (χ1) is 4.18. The maximum absolute atomic E-state index is 11.0. The monoisotopic (exact) mass is 183 g/mol. The molecule has 2 aliphatic heterocycles. The van der Waals surface area contributed by atoms with Crippen LogP contribution in [-0.2, 0) is 9.84 Å². The van der Waals surface area contributed by atoms with Crippen LogP contribution in [0, 0.1) is 0 Å². The van der Waals surface area contributed by atoms with Gasteiger partial charge < -0.3 is 5.32 Å². The Morgan fingerprint density at radius 3 is 2.30 bits per heavy atom. The van der Waals surface area contributed by atoms with E-state index in [9.17, 15) is 8.42 Å². The fourth-order valence-corrected chi connectivity index (χ4v) is 3.56. The summed E-state index contributed by atoms with van der Waals surface area (Å²) in [6.07, 6.45) is 0.850. The molecule has 10 heavy (non-hydrogen) atoms. The fourth-order valence-electron chi connectivity index (χ4n) is 1.60. The number of halogens is 1. The number of rotatable bonds is 0. The lowest BCUT2D eigenvalue weighted by Gasteiger charge is -2.10. The van der Waals surface area contributed by atoms with Gasteiger partial charge in [0, 0.05) is 12.6 Å². The van der Waals surface area contributed by atoms with Crippen molar-refractivity contribution in [2.45, 2.75) is 17.7 Å². The molecule has 2 heterocycles. The van der Waals surface area contributed by atoms with E-state index >= 15 is 0 Å². The van der Waals surface area contributed by atoms with Crippen molar-refractivity contribution >= 4 is 22.2 Å². The smallest absolute Gasteiger partial charge is 0.155 e. The molecule has 0 aliphatic carbocycles. The van der Waals surface area contributed by atoms with Gasteiger partial charge in [0.15, 0.2) is 9.84 Å². The van der Waals surface area contributed by atoms with Crippen LogP contribution in [0.4, 0.5) is 0 Å². The standard InChI is InChI=1S/C5H9NO2S.ClH/c7-9(8)3-4-1-5(9)2-6-4;/h4-6H,1-3H2;1H/t4-,5+;/m1./s1. The fraction of sp³-hybridized carbons (Fsp3) is 1.00. The predicted octanol–water partition coefficient (Wildman–Crippen LogP) is -0.433. The third-order valence-corrected chi connectivity index (χ3v) is 4.36. The van der Waals surface area contributed by atoms with Crippen molar-refractivity contribution in [3.05, 3.63) is 0 Å². The molecule has 60 valence electrons. The van der Waals surface area contributed by atoms with Crippen molar-refractivity contribution in [3.63, 3.8) is 0 Å². The lowest BCUT2D eigenvalue weighted by atomic mass is 10.3. The van der Waals surface area contributed by atoms with E-state index in [2.05, 4.69) is 5.32 Å². The quantitative estimate of drug-likeness (QED) is 0.555. The molecular formula is C5H10ClNO2S. The van der Waals surface area contributed by atoms with Crippen LogP contribution in [0.25, 0.3) is 0 Å². The molecule has 0 unspecified atom stereocenters. The Kier molecular flexibility index (Phi) is 1.96. The van der Waals surface area contributed by atoms with Crippen LogP contribution in [0.2, 0.25) is 0 Å². The Hall–Kier alpha value is 0.200. The molecule has 0 amide bonds. The predicted molar refractivity (Wildman–Crippen MR) is 41.2 cm³/mol. The number of sulfone groups is 1. The summed E-state index contributed by atoms with van der Waals surface area (Å²) in [7, 11) is -2.65. The normalized spacial score (nSPS) is 41.2. The largest absolute Gasteiger partial charge is 0.312 e. The molecule has 0 aromatic heterocycles. The second-order valence-corrected chi connectivity index (χ2v) is 5.12. The highest BCUT2D eigenvalue weighted by Crippen LogP contribution is 2.25. The minimum absolute atomic E-state index is 0. The van der Waals surface area contributed by atoms with E-state index < -0.39 is 9.84 Å². The van der Waals surface area contributed by atoms with Crippen LogP contribution < -0.4 is 5.32 Å². The summed E-state index contributed by atoms with van der Waals surface area (Å²) in [4.78, 5) is 0. The van der Waals surface area contributed by atoms with Crippen molar-refractivity contribution in [2.24, 2.45) is 0 Å². The second-order valence-electron chi connectivity index (χ2n) is 2.79. The summed E-state index contributed by atoms with van der Waals surface area (Å²) in [6.45, 7) is 0.688. The molecule has 0 aromatic carbocycles. The Morgan fingerprint density at radius 2 is 2.10 bits per heavy atom. The van der Waals surface area contributed by atoms with Crippen molar-refractivity contribution in [1.82, 2.24) is 5.32 Å². The van der Waals surface area contributed by atoms with Gasteiger partial charge in [-0.05, 0) is 6.42 Å². The summed E-state index contributed by atoms with van der Waals surface area (Å²) in [6, 6.07) is 0.278. The average Bonchev–Trinajstić information content (AvgIpc) is 2.19. The van der Waals surface area contributed by atoms with Gasteiger partial charge in [0.05, 0.1) is 11.0 Å². The molecule has 0 saturated carbocycles. The molecule has 2 bridgehead atoms. The van der Waals surface area contributed by atoms with Crippen LogP contribution >= 0.6 is 12.4 Å². The van der Waals surface area contributed by atoms with Crippen LogP contribution in [0.15, 0.2) is 0 Å². The van der Waals surface area contributed by atoms with E-state index in [4.69, 9.17) is 0 Å². The molecule has 2 aliphatic rings. The summed E-state index contributed by atoms with van der Waals surface area (Å²) < 4.78 is 22.0. The van der Waals surface area contributed by atoms with Gasteiger partial charge in [0.2, 0.25) is 0 Å². The van der Waals surface area contributed by atoms with Gasteiger partial charge in [-0.1, -0.05) is 0 Å². The highest BCUT2D eigenvalue weighted by Gasteiger charge is 2.43. The third-order valence-electron chi connectivity index (χ3n) is 2.12. The van der Waals surface area contributed by atoms with Crippen LogP contribution in [0.3, 0.4) is 0 Å². The van der Waals surface area contributed by atoms with E-state index in [1.807, 2.05) is 0 Å². The van der Waals surface area contributed by atoms with E-state index in [1.165, 1.54) is 0 Å². The SMILES string of the molecule is Cl.O=S1(=O)C[C@H]2C[C@H]1CN2. The maximum Gasteiger partial charge on any atom is 0.155 e. The number of nitrogens with one attached hydrogen (secondary N) is 1. The minimum Gasteiger partial charge on any atom is -0.312 e. The molecule has 2 rings (SSSR count). The van der Waals surface area contributed by atoms with Gasteiger partial charge in [-0.25, -0.2) is 8.42 Å². The average molecular weight is 184 g/mol. The zero-order valence-corrected chi connectivity index (χ0v) is 7.04.